The van der Waals surface area contributed by atoms with E-state index in [1.807, 2.05) is 48.5 Å². The summed E-state index contributed by atoms with van der Waals surface area (Å²) in [6.45, 7) is 3.15. The molecule has 0 spiro atoms. The molecule has 4 aromatic rings. The number of aromatic nitrogens is 3. The highest BCUT2D eigenvalue weighted by molar-refractivity contribution is 9.10. The second kappa shape index (κ2) is 10.6. The fraction of sp³-hybridized carbons (Fsp3) is 0.240. The van der Waals surface area contributed by atoms with E-state index in [9.17, 15) is 4.79 Å². The predicted molar refractivity (Wildman–Crippen MR) is 133 cm³/mol. The van der Waals surface area contributed by atoms with E-state index >= 15 is 0 Å². The molecule has 9 heteroatoms. The van der Waals surface area contributed by atoms with Gasteiger partial charge in [-0.2, -0.15) is 5.10 Å². The number of ether oxygens (including phenoxy) is 3. The van der Waals surface area contributed by atoms with Crippen LogP contribution in [0.2, 0.25) is 0 Å². The Morgan fingerprint density at radius 3 is 2.03 bits per heavy atom. The van der Waals surface area contributed by atoms with Crippen LogP contribution in [0.1, 0.15) is 28.4 Å². The Balaban J connectivity index is 1.80. The summed E-state index contributed by atoms with van der Waals surface area (Å²) in [5, 5.41) is 4.34. The summed E-state index contributed by atoms with van der Waals surface area (Å²) in [5.74, 6) is 1.77. The van der Waals surface area contributed by atoms with Crippen molar-refractivity contribution in [1.82, 2.24) is 14.6 Å². The molecule has 0 fully saturated rings. The zero-order valence-electron chi connectivity index (χ0n) is 19.2. The van der Waals surface area contributed by atoms with Gasteiger partial charge >= 0.3 is 5.97 Å². The molecule has 0 bridgehead atoms. The molecular formula is C25H25BrN4O4. The van der Waals surface area contributed by atoms with Crippen molar-refractivity contribution in [2.75, 3.05) is 25.7 Å². The van der Waals surface area contributed by atoms with Gasteiger partial charge in [-0.15, -0.1) is 0 Å². The average molecular weight is 525 g/mol. The van der Waals surface area contributed by atoms with Gasteiger partial charge in [0.15, 0.2) is 5.82 Å². The quantitative estimate of drug-likeness (QED) is 0.288. The molecule has 0 radical (unpaired) electrons. The Morgan fingerprint density at radius 2 is 1.53 bits per heavy atom. The lowest BCUT2D eigenvalue weighted by molar-refractivity contribution is 0.0528. The number of fused-ring (bicyclic) bond motifs is 1. The molecule has 0 aliphatic heterocycles. The number of nitrogens with zero attached hydrogens (tertiary/aromatic N) is 4. The molecule has 0 atom stereocenters. The number of anilines is 1. The highest BCUT2D eigenvalue weighted by atomic mass is 79.9. The molecule has 176 valence electrons. The van der Waals surface area contributed by atoms with Crippen LogP contribution in [-0.2, 0) is 17.8 Å². The van der Waals surface area contributed by atoms with Crippen LogP contribution < -0.4 is 14.4 Å². The lowest BCUT2D eigenvalue weighted by atomic mass is 10.1. The van der Waals surface area contributed by atoms with E-state index < -0.39 is 5.97 Å². The minimum Gasteiger partial charge on any atom is -0.497 e. The molecule has 2 aromatic carbocycles. The molecule has 34 heavy (non-hydrogen) atoms. The number of benzene rings is 2. The predicted octanol–water partition coefficient (Wildman–Crippen LogP) is 4.89. The Bertz CT molecular complexity index is 1220. The average Bonchev–Trinajstić information content (AvgIpc) is 3.21. The summed E-state index contributed by atoms with van der Waals surface area (Å²) in [7, 11) is 3.29. The molecule has 2 heterocycles. The van der Waals surface area contributed by atoms with Crippen molar-refractivity contribution in [3.05, 3.63) is 82.2 Å². The molecule has 2 aromatic heterocycles. The van der Waals surface area contributed by atoms with Crippen molar-refractivity contribution in [3.8, 4) is 11.5 Å². The van der Waals surface area contributed by atoms with Crippen molar-refractivity contribution in [2.24, 2.45) is 0 Å². The van der Waals surface area contributed by atoms with E-state index in [1.54, 1.807) is 31.7 Å². The number of rotatable bonds is 9. The third-order valence-corrected chi connectivity index (χ3v) is 5.92. The van der Waals surface area contributed by atoms with Crippen molar-refractivity contribution >= 4 is 33.2 Å². The number of hydrogen-bond acceptors (Lipinski definition) is 7. The topological polar surface area (TPSA) is 78.2 Å². The second-order valence-electron chi connectivity index (χ2n) is 7.50. The maximum Gasteiger partial charge on any atom is 0.340 e. The van der Waals surface area contributed by atoms with E-state index in [-0.39, 0.29) is 6.61 Å². The van der Waals surface area contributed by atoms with Gasteiger partial charge in [0.2, 0.25) is 0 Å². The van der Waals surface area contributed by atoms with Crippen LogP contribution in [0.5, 0.6) is 11.5 Å². The zero-order chi connectivity index (χ0) is 24.1. The van der Waals surface area contributed by atoms with E-state index in [0.29, 0.717) is 34.6 Å². The van der Waals surface area contributed by atoms with Crippen LogP contribution in [0.3, 0.4) is 0 Å². The molecule has 0 saturated carbocycles. The van der Waals surface area contributed by atoms with Gasteiger partial charge in [0.1, 0.15) is 27.9 Å². The Hall–Kier alpha value is -3.59. The molecule has 0 unspecified atom stereocenters. The summed E-state index contributed by atoms with van der Waals surface area (Å²) in [6, 6.07) is 17.5. The number of carbonyl (C=O) groups is 1. The zero-order valence-corrected chi connectivity index (χ0v) is 20.8. The Morgan fingerprint density at radius 1 is 0.971 bits per heavy atom. The fourth-order valence-electron chi connectivity index (χ4n) is 3.70. The van der Waals surface area contributed by atoms with Crippen molar-refractivity contribution in [2.45, 2.75) is 20.0 Å². The van der Waals surface area contributed by atoms with Gasteiger partial charge in [-0.3, -0.25) is 0 Å². The first kappa shape index (κ1) is 23.6. The lowest BCUT2D eigenvalue weighted by Gasteiger charge is -2.25. The van der Waals surface area contributed by atoms with Crippen LogP contribution in [-0.4, -0.2) is 41.4 Å². The number of esters is 1. The summed E-state index contributed by atoms with van der Waals surface area (Å²) in [5.41, 5.74) is 3.11. The SMILES string of the molecule is CCOC(=O)c1cc(Br)n2ncnc(N(Cc3ccc(OC)cc3)Cc3ccc(OC)cc3)c12. The summed E-state index contributed by atoms with van der Waals surface area (Å²) in [4.78, 5) is 19.5. The summed E-state index contributed by atoms with van der Waals surface area (Å²) >= 11 is 3.50. The lowest BCUT2D eigenvalue weighted by Crippen LogP contribution is -2.24. The monoisotopic (exact) mass is 524 g/mol. The molecular weight excluding hydrogens is 500 g/mol. The molecule has 0 aliphatic carbocycles. The first-order chi connectivity index (χ1) is 16.5. The van der Waals surface area contributed by atoms with Crippen LogP contribution >= 0.6 is 15.9 Å². The van der Waals surface area contributed by atoms with E-state index in [0.717, 1.165) is 22.6 Å². The first-order valence-electron chi connectivity index (χ1n) is 10.7. The van der Waals surface area contributed by atoms with E-state index in [1.165, 1.54) is 6.33 Å². The smallest absolute Gasteiger partial charge is 0.340 e. The maximum atomic E-state index is 12.7. The first-order valence-corrected chi connectivity index (χ1v) is 11.5. The third kappa shape index (κ3) is 4.99. The second-order valence-corrected chi connectivity index (χ2v) is 8.31. The van der Waals surface area contributed by atoms with Gasteiger partial charge < -0.3 is 19.1 Å². The number of carbonyl (C=O) groups excluding carboxylic acids is 1. The minimum atomic E-state index is -0.421. The number of hydrogen-bond donors (Lipinski definition) is 0. The van der Waals surface area contributed by atoms with Crippen LogP contribution in [0, 0.1) is 0 Å². The highest BCUT2D eigenvalue weighted by Crippen LogP contribution is 2.30. The highest BCUT2D eigenvalue weighted by Gasteiger charge is 2.23. The molecule has 0 aliphatic rings. The molecule has 8 nitrogen and oxygen atoms in total. The van der Waals surface area contributed by atoms with Crippen LogP contribution in [0.25, 0.3) is 5.52 Å². The van der Waals surface area contributed by atoms with Crippen LogP contribution in [0.4, 0.5) is 5.82 Å². The molecule has 4 rings (SSSR count). The van der Waals surface area contributed by atoms with Gasteiger partial charge in [-0.1, -0.05) is 24.3 Å². The van der Waals surface area contributed by atoms with Gasteiger partial charge in [-0.05, 0) is 64.3 Å². The van der Waals surface area contributed by atoms with Gasteiger partial charge in [0.25, 0.3) is 0 Å². The summed E-state index contributed by atoms with van der Waals surface area (Å²) < 4.78 is 18.2. The van der Waals surface area contributed by atoms with Crippen LogP contribution in [0.15, 0.2) is 65.5 Å². The number of methoxy groups -OCH3 is 2. The van der Waals surface area contributed by atoms with Gasteiger partial charge in [0, 0.05) is 13.1 Å². The van der Waals surface area contributed by atoms with Gasteiger partial charge in [0.05, 0.1) is 26.4 Å². The molecule has 0 saturated heterocycles. The van der Waals surface area contributed by atoms with E-state index in [2.05, 4.69) is 30.9 Å². The fourth-order valence-corrected chi connectivity index (χ4v) is 4.19. The minimum absolute atomic E-state index is 0.276. The third-order valence-electron chi connectivity index (χ3n) is 5.35. The number of halogens is 1. The van der Waals surface area contributed by atoms with Gasteiger partial charge in [-0.25, -0.2) is 14.3 Å². The molecule has 0 N–H and O–H groups in total. The standard InChI is InChI=1S/C25H25BrN4O4/c1-4-34-25(31)21-13-22(26)30-23(21)24(27-16-28-30)29(14-17-5-9-19(32-2)10-6-17)15-18-7-11-20(33-3)12-8-18/h5-13,16H,4,14-15H2,1-3H3. The van der Waals surface area contributed by atoms with Crippen molar-refractivity contribution in [1.29, 1.82) is 0 Å². The Kier molecular flexibility index (Phi) is 7.32. The summed E-state index contributed by atoms with van der Waals surface area (Å²) in [6.07, 6.45) is 1.48. The molecule has 0 amide bonds. The normalized spacial score (nSPS) is 10.8. The van der Waals surface area contributed by atoms with Crippen molar-refractivity contribution in [3.63, 3.8) is 0 Å². The maximum absolute atomic E-state index is 12.7. The Labute approximate surface area is 206 Å². The largest absolute Gasteiger partial charge is 0.497 e. The van der Waals surface area contributed by atoms with E-state index in [4.69, 9.17) is 14.2 Å². The van der Waals surface area contributed by atoms with Crippen molar-refractivity contribution < 1.29 is 19.0 Å².